The number of thiazole rings is 1. The highest BCUT2D eigenvalue weighted by Crippen LogP contribution is 2.31. The fraction of sp³-hybridized carbons (Fsp3) is 0.786. The first-order valence-corrected chi connectivity index (χ1v) is 8.06. The average molecular weight is 282 g/mol. The number of nitrogens with zero attached hydrogens (tertiary/aromatic N) is 2. The van der Waals surface area contributed by atoms with Gasteiger partial charge in [0.1, 0.15) is 11.1 Å². The molecule has 3 heterocycles. The third kappa shape index (κ3) is 3.16. The fourth-order valence-electron chi connectivity index (χ4n) is 2.94. The number of aliphatic hydroxyl groups excluding tert-OH is 1. The molecule has 4 nitrogen and oxygen atoms in total. The zero-order valence-corrected chi connectivity index (χ0v) is 12.2. The molecule has 1 aromatic rings. The van der Waals surface area contributed by atoms with Crippen LogP contribution in [0.25, 0.3) is 0 Å². The number of rotatable bonds is 4. The molecular formula is C14H22N2O2S. The summed E-state index contributed by atoms with van der Waals surface area (Å²) in [5.74, 6) is 0.427. The molecule has 2 saturated heterocycles. The largest absolute Gasteiger partial charge is 0.393 e. The van der Waals surface area contributed by atoms with E-state index < -0.39 is 0 Å². The molecule has 0 saturated carbocycles. The van der Waals surface area contributed by atoms with Crippen molar-refractivity contribution in [3.05, 3.63) is 16.1 Å². The van der Waals surface area contributed by atoms with E-state index in [2.05, 4.69) is 10.3 Å². The van der Waals surface area contributed by atoms with E-state index in [1.807, 2.05) is 6.92 Å². The molecule has 2 fully saturated rings. The van der Waals surface area contributed by atoms with Gasteiger partial charge in [0, 0.05) is 25.1 Å². The molecule has 3 unspecified atom stereocenters. The Kier molecular flexibility index (Phi) is 4.17. The lowest BCUT2D eigenvalue weighted by Gasteiger charge is -2.16. The lowest BCUT2D eigenvalue weighted by molar-refractivity contribution is 0.111. The zero-order chi connectivity index (χ0) is 13.2. The standard InChI is InChI=1S/C14H22N2O2S/c1-10(17)11-4-5-16(7-11)8-12-9-19-14(15-12)13-3-2-6-18-13/h9-11,13,17H,2-8H2,1H3. The lowest BCUT2D eigenvalue weighted by atomic mass is 10.0. The second-order valence-electron chi connectivity index (χ2n) is 5.70. The summed E-state index contributed by atoms with van der Waals surface area (Å²) in [6, 6.07) is 0. The molecule has 2 aliphatic heterocycles. The molecular weight excluding hydrogens is 260 g/mol. The maximum Gasteiger partial charge on any atom is 0.122 e. The van der Waals surface area contributed by atoms with Crippen LogP contribution in [-0.2, 0) is 11.3 Å². The molecule has 3 atom stereocenters. The van der Waals surface area contributed by atoms with Crippen molar-refractivity contribution in [1.29, 1.82) is 0 Å². The Morgan fingerprint density at radius 3 is 3.16 bits per heavy atom. The molecule has 1 N–H and O–H groups in total. The van der Waals surface area contributed by atoms with Crippen LogP contribution >= 0.6 is 11.3 Å². The van der Waals surface area contributed by atoms with Gasteiger partial charge in [-0.2, -0.15) is 0 Å². The number of aromatic nitrogens is 1. The summed E-state index contributed by atoms with van der Waals surface area (Å²) in [6.07, 6.45) is 3.41. The summed E-state index contributed by atoms with van der Waals surface area (Å²) < 4.78 is 5.67. The van der Waals surface area contributed by atoms with Crippen LogP contribution < -0.4 is 0 Å². The smallest absolute Gasteiger partial charge is 0.122 e. The molecule has 0 amide bonds. The summed E-state index contributed by atoms with van der Waals surface area (Å²) in [5.41, 5.74) is 1.15. The summed E-state index contributed by atoms with van der Waals surface area (Å²) in [4.78, 5) is 7.11. The van der Waals surface area contributed by atoms with Crippen LogP contribution in [0.2, 0.25) is 0 Å². The molecule has 19 heavy (non-hydrogen) atoms. The quantitative estimate of drug-likeness (QED) is 0.919. The Balaban J connectivity index is 1.56. The van der Waals surface area contributed by atoms with Gasteiger partial charge in [-0.05, 0) is 38.6 Å². The Labute approximate surface area is 118 Å². The number of hydrogen-bond donors (Lipinski definition) is 1. The van der Waals surface area contributed by atoms with Crippen LogP contribution in [0.1, 0.15) is 43.0 Å². The Bertz CT molecular complexity index is 415. The summed E-state index contributed by atoms with van der Waals surface area (Å²) in [7, 11) is 0. The van der Waals surface area contributed by atoms with Crippen molar-refractivity contribution in [2.24, 2.45) is 5.92 Å². The average Bonchev–Trinajstić information content (AvgIpc) is 3.09. The highest BCUT2D eigenvalue weighted by atomic mass is 32.1. The van der Waals surface area contributed by atoms with Gasteiger partial charge in [0.2, 0.25) is 0 Å². The molecule has 1 aromatic heterocycles. The summed E-state index contributed by atoms with van der Waals surface area (Å²) in [5, 5.41) is 12.9. The molecule has 0 spiro atoms. The van der Waals surface area contributed by atoms with Crippen molar-refractivity contribution in [3.63, 3.8) is 0 Å². The molecule has 0 aromatic carbocycles. The molecule has 0 bridgehead atoms. The van der Waals surface area contributed by atoms with Crippen LogP contribution in [0.3, 0.4) is 0 Å². The molecule has 5 heteroatoms. The van der Waals surface area contributed by atoms with Crippen molar-refractivity contribution in [2.75, 3.05) is 19.7 Å². The van der Waals surface area contributed by atoms with Gasteiger partial charge in [0.15, 0.2) is 0 Å². The zero-order valence-electron chi connectivity index (χ0n) is 11.4. The van der Waals surface area contributed by atoms with Gasteiger partial charge in [-0.1, -0.05) is 0 Å². The number of hydrogen-bond acceptors (Lipinski definition) is 5. The second kappa shape index (κ2) is 5.87. The number of aliphatic hydroxyl groups is 1. The van der Waals surface area contributed by atoms with Crippen molar-refractivity contribution in [3.8, 4) is 0 Å². The minimum absolute atomic E-state index is 0.192. The van der Waals surface area contributed by atoms with Gasteiger partial charge in [-0.3, -0.25) is 4.90 Å². The van der Waals surface area contributed by atoms with E-state index in [1.54, 1.807) is 11.3 Å². The van der Waals surface area contributed by atoms with Crippen molar-refractivity contribution in [2.45, 2.75) is 44.9 Å². The Hall–Kier alpha value is -0.490. The van der Waals surface area contributed by atoms with E-state index in [9.17, 15) is 5.11 Å². The second-order valence-corrected chi connectivity index (χ2v) is 6.59. The van der Waals surface area contributed by atoms with Crippen molar-refractivity contribution >= 4 is 11.3 Å². The van der Waals surface area contributed by atoms with Crippen LogP contribution in [0.15, 0.2) is 5.38 Å². The van der Waals surface area contributed by atoms with E-state index in [4.69, 9.17) is 9.72 Å². The summed E-state index contributed by atoms with van der Waals surface area (Å²) in [6.45, 7) is 5.74. The molecule has 2 aliphatic rings. The first-order chi connectivity index (χ1) is 9.22. The van der Waals surface area contributed by atoms with Gasteiger partial charge < -0.3 is 9.84 Å². The Morgan fingerprint density at radius 2 is 2.47 bits per heavy atom. The first kappa shape index (κ1) is 13.5. The minimum atomic E-state index is -0.192. The molecule has 3 rings (SSSR count). The third-order valence-corrected chi connectivity index (χ3v) is 5.14. The van der Waals surface area contributed by atoms with E-state index >= 15 is 0 Å². The SMILES string of the molecule is CC(O)C1CCN(Cc2csc(C3CCCO3)n2)C1. The van der Waals surface area contributed by atoms with Gasteiger partial charge in [-0.15, -0.1) is 11.3 Å². The molecule has 0 radical (unpaired) electrons. The van der Waals surface area contributed by atoms with Gasteiger partial charge >= 0.3 is 0 Å². The monoisotopic (exact) mass is 282 g/mol. The van der Waals surface area contributed by atoms with Crippen LogP contribution in [0, 0.1) is 5.92 Å². The van der Waals surface area contributed by atoms with Crippen molar-refractivity contribution < 1.29 is 9.84 Å². The van der Waals surface area contributed by atoms with Gasteiger partial charge in [-0.25, -0.2) is 4.98 Å². The van der Waals surface area contributed by atoms with Crippen LogP contribution in [0.4, 0.5) is 0 Å². The van der Waals surface area contributed by atoms with Crippen molar-refractivity contribution in [1.82, 2.24) is 9.88 Å². The van der Waals surface area contributed by atoms with E-state index in [1.165, 1.54) is 0 Å². The molecule has 0 aliphatic carbocycles. The maximum atomic E-state index is 9.63. The number of ether oxygens (including phenoxy) is 1. The third-order valence-electron chi connectivity index (χ3n) is 4.15. The van der Waals surface area contributed by atoms with Crippen LogP contribution in [-0.4, -0.2) is 40.8 Å². The van der Waals surface area contributed by atoms with Gasteiger partial charge in [0.05, 0.1) is 11.8 Å². The minimum Gasteiger partial charge on any atom is -0.393 e. The van der Waals surface area contributed by atoms with Gasteiger partial charge in [0.25, 0.3) is 0 Å². The van der Waals surface area contributed by atoms with E-state index in [0.717, 1.165) is 56.2 Å². The molecule has 106 valence electrons. The van der Waals surface area contributed by atoms with E-state index in [0.29, 0.717) is 5.92 Å². The van der Waals surface area contributed by atoms with E-state index in [-0.39, 0.29) is 12.2 Å². The first-order valence-electron chi connectivity index (χ1n) is 7.18. The highest BCUT2D eigenvalue weighted by molar-refractivity contribution is 7.09. The fourth-order valence-corrected chi connectivity index (χ4v) is 3.84. The Morgan fingerprint density at radius 1 is 1.58 bits per heavy atom. The predicted octanol–water partition coefficient (Wildman–Crippen LogP) is 2.20. The predicted molar refractivity (Wildman–Crippen MR) is 75.1 cm³/mol. The normalized spacial score (nSPS) is 30.0. The van der Waals surface area contributed by atoms with Crippen LogP contribution in [0.5, 0.6) is 0 Å². The highest BCUT2D eigenvalue weighted by Gasteiger charge is 2.27. The topological polar surface area (TPSA) is 45.6 Å². The lowest BCUT2D eigenvalue weighted by Crippen LogP contribution is -2.24. The number of likely N-dealkylation sites (tertiary alicyclic amines) is 1. The maximum absolute atomic E-state index is 9.63. The summed E-state index contributed by atoms with van der Waals surface area (Å²) >= 11 is 1.73.